The van der Waals surface area contributed by atoms with Crippen LogP contribution in [0.25, 0.3) is 27.7 Å². The number of nitrogens with zero attached hydrogens (tertiary/aromatic N) is 4. The first-order valence-corrected chi connectivity index (χ1v) is 14.0. The minimum Gasteiger partial charge on any atom is -0.351 e. The molecule has 1 atom stereocenters. The van der Waals surface area contributed by atoms with E-state index in [0.29, 0.717) is 22.6 Å². The number of halogens is 1. The zero-order valence-corrected chi connectivity index (χ0v) is 23.2. The van der Waals surface area contributed by atoms with Crippen molar-refractivity contribution in [1.82, 2.24) is 9.55 Å². The maximum absolute atomic E-state index is 14.1. The van der Waals surface area contributed by atoms with Gasteiger partial charge in [0, 0.05) is 15.7 Å². The molecule has 0 amide bonds. The third-order valence-electron chi connectivity index (χ3n) is 7.70. The van der Waals surface area contributed by atoms with Crippen LogP contribution in [-0.4, -0.2) is 15.4 Å². The molecule has 0 bridgehead atoms. The van der Waals surface area contributed by atoms with Gasteiger partial charge in [0.2, 0.25) is 0 Å². The van der Waals surface area contributed by atoms with Crippen molar-refractivity contribution in [2.45, 2.75) is 5.72 Å². The number of para-hydroxylation sites is 2. The number of amidine groups is 1. The number of hydrogen-bond donors (Lipinski definition) is 0. The molecule has 2 aliphatic rings. The molecular weight excluding hydrogens is 576 g/mol. The minimum absolute atomic E-state index is 0.148. The van der Waals surface area contributed by atoms with Crippen LogP contribution in [0.2, 0.25) is 0 Å². The molecule has 0 fully saturated rings. The van der Waals surface area contributed by atoms with Crippen LogP contribution >= 0.6 is 15.9 Å². The van der Waals surface area contributed by atoms with Crippen LogP contribution in [0.15, 0.2) is 142 Å². The zero-order valence-electron chi connectivity index (χ0n) is 21.6. The molecule has 0 N–H and O–H groups in total. The fourth-order valence-corrected chi connectivity index (χ4v) is 6.09. The Balaban J connectivity index is 1.47. The second-order valence-corrected chi connectivity index (χ2v) is 10.9. The van der Waals surface area contributed by atoms with Crippen molar-refractivity contribution in [3.8, 4) is 16.8 Å². The standard InChI is InChI=1S/C34H21BrN4O2/c35-25-18-15-23(16-19-25)31-37-41-34(39(31)26-11-5-2-6-12-26)28-21-24(22-9-3-1-4-10-22)17-20-30(28)38-32(40)27-13-7-8-14-29(27)36-33(34)38/h1-21H. The topological polar surface area (TPSA) is 59.7 Å². The van der Waals surface area contributed by atoms with Gasteiger partial charge < -0.3 is 4.84 Å². The second-order valence-electron chi connectivity index (χ2n) is 10.0. The lowest BCUT2D eigenvalue weighted by atomic mass is 9.95. The van der Waals surface area contributed by atoms with E-state index in [1.165, 1.54) is 0 Å². The van der Waals surface area contributed by atoms with Crippen LogP contribution in [0.1, 0.15) is 17.0 Å². The molecule has 2 aliphatic heterocycles. The molecule has 1 spiro atoms. The summed E-state index contributed by atoms with van der Waals surface area (Å²) in [6.45, 7) is 0. The summed E-state index contributed by atoms with van der Waals surface area (Å²) in [4.78, 5) is 27.9. The Morgan fingerprint density at radius 3 is 2.17 bits per heavy atom. The van der Waals surface area contributed by atoms with Crippen LogP contribution in [0.5, 0.6) is 0 Å². The molecule has 1 unspecified atom stereocenters. The molecule has 0 saturated carbocycles. The van der Waals surface area contributed by atoms with E-state index in [-0.39, 0.29) is 5.56 Å². The van der Waals surface area contributed by atoms with Crippen molar-refractivity contribution in [1.29, 1.82) is 0 Å². The second kappa shape index (κ2) is 9.01. The fourth-order valence-electron chi connectivity index (χ4n) is 5.83. The third-order valence-corrected chi connectivity index (χ3v) is 8.22. The van der Waals surface area contributed by atoms with Crippen molar-refractivity contribution >= 4 is 38.4 Å². The van der Waals surface area contributed by atoms with Gasteiger partial charge in [0.05, 0.1) is 22.2 Å². The molecule has 1 aromatic heterocycles. The highest BCUT2D eigenvalue weighted by atomic mass is 79.9. The summed E-state index contributed by atoms with van der Waals surface area (Å²) in [5, 5.41) is 5.26. The van der Waals surface area contributed by atoms with E-state index in [1.54, 1.807) is 4.57 Å². The van der Waals surface area contributed by atoms with Gasteiger partial charge in [0.15, 0.2) is 11.7 Å². The van der Waals surface area contributed by atoms with E-state index in [4.69, 9.17) is 15.0 Å². The van der Waals surface area contributed by atoms with Gasteiger partial charge in [-0.2, -0.15) is 0 Å². The predicted octanol–water partition coefficient (Wildman–Crippen LogP) is 7.23. The highest BCUT2D eigenvalue weighted by molar-refractivity contribution is 9.10. The molecule has 6 aromatic rings. The number of hydrogen-bond acceptors (Lipinski definition) is 5. The number of oxime groups is 1. The molecule has 0 saturated heterocycles. The summed E-state index contributed by atoms with van der Waals surface area (Å²) in [6, 6.07) is 41.7. The Kier molecular flexibility index (Phi) is 5.24. The lowest BCUT2D eigenvalue weighted by Crippen LogP contribution is -2.48. The summed E-state index contributed by atoms with van der Waals surface area (Å²) >= 11 is 3.54. The predicted molar refractivity (Wildman–Crippen MR) is 164 cm³/mol. The summed E-state index contributed by atoms with van der Waals surface area (Å²) in [5.74, 6) is 1.08. The average Bonchev–Trinajstić information content (AvgIpc) is 3.55. The highest BCUT2D eigenvalue weighted by Crippen LogP contribution is 2.51. The normalized spacial score (nSPS) is 16.9. The highest BCUT2D eigenvalue weighted by Gasteiger charge is 2.59. The van der Waals surface area contributed by atoms with Crippen molar-refractivity contribution in [3.05, 3.63) is 159 Å². The first-order valence-electron chi connectivity index (χ1n) is 13.3. The summed E-state index contributed by atoms with van der Waals surface area (Å²) in [7, 11) is 0. The van der Waals surface area contributed by atoms with Crippen LogP contribution < -0.4 is 10.5 Å². The molecule has 8 rings (SSSR count). The smallest absolute Gasteiger partial charge is 0.302 e. The minimum atomic E-state index is -1.33. The Morgan fingerprint density at radius 2 is 1.39 bits per heavy atom. The maximum atomic E-state index is 14.1. The van der Waals surface area contributed by atoms with Gasteiger partial charge in [-0.3, -0.25) is 14.3 Å². The van der Waals surface area contributed by atoms with Crippen LogP contribution in [0, 0.1) is 0 Å². The van der Waals surface area contributed by atoms with E-state index in [9.17, 15) is 4.79 Å². The van der Waals surface area contributed by atoms with E-state index >= 15 is 0 Å². The molecule has 41 heavy (non-hydrogen) atoms. The Bertz CT molecular complexity index is 2060. The summed E-state index contributed by atoms with van der Waals surface area (Å²) in [6.07, 6.45) is 0. The number of fused-ring (bicyclic) bond motifs is 6. The number of aromatic nitrogens is 2. The van der Waals surface area contributed by atoms with Gasteiger partial charge in [0.25, 0.3) is 5.56 Å². The van der Waals surface area contributed by atoms with Crippen molar-refractivity contribution in [2.24, 2.45) is 5.16 Å². The largest absolute Gasteiger partial charge is 0.351 e. The zero-order chi connectivity index (χ0) is 27.6. The van der Waals surface area contributed by atoms with Crippen molar-refractivity contribution < 1.29 is 4.84 Å². The van der Waals surface area contributed by atoms with E-state index in [1.807, 2.05) is 109 Å². The third kappa shape index (κ3) is 3.45. The molecular formula is C34H21BrN4O2. The Hall–Kier alpha value is -5.01. The van der Waals surface area contributed by atoms with Gasteiger partial charge in [-0.05, 0) is 59.7 Å². The molecule has 0 aliphatic carbocycles. The number of benzene rings is 5. The Morgan fingerprint density at radius 1 is 0.707 bits per heavy atom. The molecule has 196 valence electrons. The molecule has 7 heteroatoms. The lowest BCUT2D eigenvalue weighted by Gasteiger charge is -2.34. The monoisotopic (exact) mass is 596 g/mol. The van der Waals surface area contributed by atoms with Gasteiger partial charge in [-0.1, -0.05) is 99.9 Å². The Labute approximate surface area is 243 Å². The number of rotatable bonds is 3. The van der Waals surface area contributed by atoms with Gasteiger partial charge in [-0.15, -0.1) is 0 Å². The molecule has 6 nitrogen and oxygen atoms in total. The first kappa shape index (κ1) is 23.8. The van der Waals surface area contributed by atoms with Crippen molar-refractivity contribution in [3.63, 3.8) is 0 Å². The average molecular weight is 597 g/mol. The molecule has 5 aromatic carbocycles. The lowest BCUT2D eigenvalue weighted by molar-refractivity contribution is 0.0102. The SMILES string of the molecule is O=c1c2ccccc2nc2n1-c1ccc(-c3ccccc3)cc1C21ON=C(c2ccc(Br)cc2)N1c1ccccc1. The summed E-state index contributed by atoms with van der Waals surface area (Å²) < 4.78 is 2.65. The quantitative estimate of drug-likeness (QED) is 0.216. The first-order chi connectivity index (χ1) is 20.1. The summed E-state index contributed by atoms with van der Waals surface area (Å²) in [5.41, 5.74) is 4.43. The molecule has 0 radical (unpaired) electrons. The van der Waals surface area contributed by atoms with Gasteiger partial charge in [-0.25, -0.2) is 4.98 Å². The maximum Gasteiger partial charge on any atom is 0.302 e. The van der Waals surface area contributed by atoms with E-state index in [0.717, 1.165) is 38.1 Å². The fraction of sp³-hybridized carbons (Fsp3) is 0.0294. The van der Waals surface area contributed by atoms with Gasteiger partial charge in [0.1, 0.15) is 0 Å². The van der Waals surface area contributed by atoms with Gasteiger partial charge >= 0.3 is 5.72 Å². The van der Waals surface area contributed by atoms with E-state index < -0.39 is 5.72 Å². The van der Waals surface area contributed by atoms with E-state index in [2.05, 4.69) is 39.0 Å². The van der Waals surface area contributed by atoms with Crippen LogP contribution in [0.3, 0.4) is 0 Å². The number of anilines is 1. The van der Waals surface area contributed by atoms with Crippen LogP contribution in [0.4, 0.5) is 5.69 Å². The van der Waals surface area contributed by atoms with Crippen LogP contribution in [-0.2, 0) is 10.6 Å². The van der Waals surface area contributed by atoms with Crippen molar-refractivity contribution in [2.75, 3.05) is 4.90 Å². The molecule has 3 heterocycles.